The van der Waals surface area contributed by atoms with Crippen LogP contribution in [0.5, 0.6) is 0 Å². The van der Waals surface area contributed by atoms with Gasteiger partial charge in [-0.15, -0.1) is 0 Å². The number of rotatable bonds is 4. The molecule has 1 aromatic rings. The average Bonchev–Trinajstić information content (AvgIpc) is 2.76. The van der Waals surface area contributed by atoms with E-state index in [2.05, 4.69) is 40.2 Å². The fourth-order valence-corrected chi connectivity index (χ4v) is 3.16. The van der Waals surface area contributed by atoms with Crippen LogP contribution in [0.4, 0.5) is 0 Å². The van der Waals surface area contributed by atoms with Crippen molar-refractivity contribution in [1.29, 1.82) is 0 Å². The van der Waals surface area contributed by atoms with Crippen molar-refractivity contribution >= 4 is 15.9 Å². The van der Waals surface area contributed by atoms with E-state index in [0.717, 1.165) is 17.3 Å². The molecule has 0 bridgehead atoms. The van der Waals surface area contributed by atoms with Crippen LogP contribution in [0.15, 0.2) is 28.7 Å². The van der Waals surface area contributed by atoms with E-state index in [1.807, 2.05) is 0 Å². The lowest BCUT2D eigenvalue weighted by Gasteiger charge is -2.26. The number of aryl methyl sites for hydroxylation is 1. The smallest absolute Gasteiger partial charge is 0.0487 e. The highest BCUT2D eigenvalue weighted by Crippen LogP contribution is 2.41. The highest BCUT2D eigenvalue weighted by atomic mass is 79.9. The molecule has 0 atom stereocenters. The van der Waals surface area contributed by atoms with Crippen molar-refractivity contribution in [1.82, 2.24) is 0 Å². The van der Waals surface area contributed by atoms with Gasteiger partial charge in [-0.3, -0.25) is 0 Å². The molecule has 0 heterocycles. The van der Waals surface area contributed by atoms with Crippen LogP contribution < -0.4 is 0 Å². The Morgan fingerprint density at radius 3 is 2.62 bits per heavy atom. The summed E-state index contributed by atoms with van der Waals surface area (Å²) in [6, 6.07) is 8.49. The molecule has 0 radical (unpaired) electrons. The van der Waals surface area contributed by atoms with Gasteiger partial charge in [-0.2, -0.15) is 0 Å². The van der Waals surface area contributed by atoms with Gasteiger partial charge in [0.05, 0.1) is 0 Å². The summed E-state index contributed by atoms with van der Waals surface area (Å²) in [5, 5.41) is 9.54. The summed E-state index contributed by atoms with van der Waals surface area (Å²) in [7, 11) is 0. The SMILES string of the molecule is OCC1(CCc2cccc(Br)c2)CCCC1. The molecule has 1 aliphatic carbocycles. The molecule has 0 amide bonds. The molecule has 1 aliphatic rings. The minimum Gasteiger partial charge on any atom is -0.396 e. The maximum Gasteiger partial charge on any atom is 0.0487 e. The number of aliphatic hydroxyl groups is 1. The largest absolute Gasteiger partial charge is 0.396 e. The first kappa shape index (κ1) is 12.1. The molecule has 1 aromatic carbocycles. The minimum atomic E-state index is 0.225. The number of benzene rings is 1. The Bertz CT molecular complexity index is 342. The molecule has 0 aromatic heterocycles. The Kier molecular flexibility index (Phi) is 4.04. The fourth-order valence-electron chi connectivity index (χ4n) is 2.71. The lowest BCUT2D eigenvalue weighted by atomic mass is 9.81. The second-order valence-electron chi connectivity index (χ2n) is 5.00. The summed E-state index contributed by atoms with van der Waals surface area (Å²) in [5.41, 5.74) is 1.59. The van der Waals surface area contributed by atoms with E-state index >= 15 is 0 Å². The van der Waals surface area contributed by atoms with Crippen LogP contribution in [0, 0.1) is 5.41 Å². The quantitative estimate of drug-likeness (QED) is 0.887. The molecule has 0 unspecified atom stereocenters. The van der Waals surface area contributed by atoms with Crippen molar-refractivity contribution in [3.05, 3.63) is 34.3 Å². The van der Waals surface area contributed by atoms with E-state index < -0.39 is 0 Å². The molecule has 2 heteroatoms. The zero-order chi connectivity index (χ0) is 11.4. The van der Waals surface area contributed by atoms with Gasteiger partial charge in [0.15, 0.2) is 0 Å². The van der Waals surface area contributed by atoms with Crippen molar-refractivity contribution in [3.8, 4) is 0 Å². The first-order valence-corrected chi connectivity index (χ1v) is 6.89. The third-order valence-electron chi connectivity index (χ3n) is 3.83. The van der Waals surface area contributed by atoms with Crippen molar-refractivity contribution in [2.45, 2.75) is 38.5 Å². The maximum absolute atomic E-state index is 9.54. The zero-order valence-electron chi connectivity index (χ0n) is 9.58. The van der Waals surface area contributed by atoms with Gasteiger partial charge in [0.1, 0.15) is 0 Å². The van der Waals surface area contributed by atoms with E-state index in [1.54, 1.807) is 0 Å². The summed E-state index contributed by atoms with van der Waals surface area (Å²) < 4.78 is 1.15. The molecule has 0 saturated heterocycles. The van der Waals surface area contributed by atoms with Crippen LogP contribution in [0.1, 0.15) is 37.7 Å². The van der Waals surface area contributed by atoms with Crippen LogP contribution in [0.25, 0.3) is 0 Å². The van der Waals surface area contributed by atoms with E-state index in [1.165, 1.54) is 31.2 Å². The summed E-state index contributed by atoms with van der Waals surface area (Å²) in [6.45, 7) is 0.362. The number of hydrogen-bond donors (Lipinski definition) is 1. The Balaban J connectivity index is 1.95. The third-order valence-corrected chi connectivity index (χ3v) is 4.33. The van der Waals surface area contributed by atoms with Crippen molar-refractivity contribution < 1.29 is 5.11 Å². The van der Waals surface area contributed by atoms with Gasteiger partial charge < -0.3 is 5.11 Å². The van der Waals surface area contributed by atoms with Gasteiger partial charge in [0.25, 0.3) is 0 Å². The molecule has 1 saturated carbocycles. The molecule has 2 rings (SSSR count). The number of hydrogen-bond acceptors (Lipinski definition) is 1. The molecule has 16 heavy (non-hydrogen) atoms. The Hall–Kier alpha value is -0.340. The summed E-state index contributed by atoms with van der Waals surface area (Å²) in [6.07, 6.45) is 7.20. The highest BCUT2D eigenvalue weighted by Gasteiger charge is 2.32. The van der Waals surface area contributed by atoms with E-state index in [0.29, 0.717) is 6.61 Å². The minimum absolute atomic E-state index is 0.225. The zero-order valence-corrected chi connectivity index (χ0v) is 11.2. The topological polar surface area (TPSA) is 20.2 Å². The van der Waals surface area contributed by atoms with Gasteiger partial charge in [-0.05, 0) is 48.8 Å². The van der Waals surface area contributed by atoms with Gasteiger partial charge in [0, 0.05) is 11.1 Å². The maximum atomic E-state index is 9.54. The predicted octanol–water partition coefficient (Wildman–Crippen LogP) is 3.93. The monoisotopic (exact) mass is 282 g/mol. The first-order valence-electron chi connectivity index (χ1n) is 6.09. The second-order valence-corrected chi connectivity index (χ2v) is 5.91. The predicted molar refractivity (Wildman–Crippen MR) is 70.4 cm³/mol. The van der Waals surface area contributed by atoms with Gasteiger partial charge in [0.2, 0.25) is 0 Å². The van der Waals surface area contributed by atoms with Crippen molar-refractivity contribution in [3.63, 3.8) is 0 Å². The molecule has 88 valence electrons. The molecule has 1 fully saturated rings. The molecule has 1 N–H and O–H groups in total. The third kappa shape index (κ3) is 2.86. The Labute approximate surface area is 106 Å². The average molecular weight is 283 g/mol. The van der Waals surface area contributed by atoms with Gasteiger partial charge in [-0.1, -0.05) is 40.9 Å². The lowest BCUT2D eigenvalue weighted by molar-refractivity contribution is 0.121. The Morgan fingerprint density at radius 1 is 1.25 bits per heavy atom. The number of halogens is 1. The summed E-state index contributed by atoms with van der Waals surface area (Å²) in [4.78, 5) is 0. The summed E-state index contributed by atoms with van der Waals surface area (Å²) >= 11 is 3.50. The van der Waals surface area contributed by atoms with Crippen molar-refractivity contribution in [2.75, 3.05) is 6.61 Å². The van der Waals surface area contributed by atoms with Crippen LogP contribution in [-0.2, 0) is 6.42 Å². The van der Waals surface area contributed by atoms with Crippen LogP contribution in [0.2, 0.25) is 0 Å². The van der Waals surface area contributed by atoms with E-state index in [4.69, 9.17) is 0 Å². The molecule has 0 aliphatic heterocycles. The fraction of sp³-hybridized carbons (Fsp3) is 0.571. The first-order chi connectivity index (χ1) is 7.74. The van der Waals surface area contributed by atoms with E-state index in [9.17, 15) is 5.11 Å². The normalized spacial score (nSPS) is 18.9. The van der Waals surface area contributed by atoms with Crippen LogP contribution >= 0.6 is 15.9 Å². The Morgan fingerprint density at radius 2 is 2.00 bits per heavy atom. The summed E-state index contributed by atoms with van der Waals surface area (Å²) in [5.74, 6) is 0. The molecule has 0 spiro atoms. The lowest BCUT2D eigenvalue weighted by Crippen LogP contribution is -2.22. The highest BCUT2D eigenvalue weighted by molar-refractivity contribution is 9.10. The van der Waals surface area contributed by atoms with Gasteiger partial charge >= 0.3 is 0 Å². The van der Waals surface area contributed by atoms with Crippen LogP contribution in [-0.4, -0.2) is 11.7 Å². The molecule has 1 nitrogen and oxygen atoms in total. The standard InChI is InChI=1S/C14H19BrO/c15-13-5-3-4-12(10-13)6-9-14(11-16)7-1-2-8-14/h3-5,10,16H,1-2,6-9,11H2. The van der Waals surface area contributed by atoms with E-state index in [-0.39, 0.29) is 5.41 Å². The van der Waals surface area contributed by atoms with Crippen molar-refractivity contribution in [2.24, 2.45) is 5.41 Å². The molecular formula is C14H19BrO. The number of aliphatic hydroxyl groups excluding tert-OH is 1. The van der Waals surface area contributed by atoms with Gasteiger partial charge in [-0.25, -0.2) is 0 Å². The molecular weight excluding hydrogens is 264 g/mol. The second kappa shape index (κ2) is 5.33. The van der Waals surface area contributed by atoms with Crippen LogP contribution in [0.3, 0.4) is 0 Å².